The first-order chi connectivity index (χ1) is 29.3. The molecule has 0 aliphatic rings. The maximum Gasteiger partial charge on any atom is 0.523 e. The predicted molar refractivity (Wildman–Crippen MR) is 225 cm³/mol. The average molecular weight is 885 g/mol. The summed E-state index contributed by atoms with van der Waals surface area (Å²) in [4.78, 5) is 70.6. The van der Waals surface area contributed by atoms with Crippen molar-refractivity contribution in [1.82, 2.24) is 10.6 Å². The number of Topliss-reactive ketones (excluding diaryl/α,β-unsaturated/α-hetero) is 2. The summed E-state index contributed by atoms with van der Waals surface area (Å²) in [5.41, 5.74) is 0.566. The smallest absolute Gasteiger partial charge is 0.466 e. The molecule has 0 bridgehead atoms. The standard InChI is InChI=1S/C22H25NO4.C18H18O3.C5H8F3NO4S/c1-4-27-22(26)20(15(2)21(25)23-3)19(24)14-16-10-12-18(13-11-16)17-8-6-5-7-9-17;1-2-21-18(20)13-17(19)12-14-8-10-16(11-9-14)15-6-4-3-5-7-15;1-3(4(10)9-2)13-14(11,12)5(6,7)8/h5-13,15,20H,4,14H2,1-3H3,(H,23,25);3-11H,2,12-13H2,1H3;3H,1-2H3,(H,9,10)/t15-,20?;;3-/m1.1/s1. The minimum Gasteiger partial charge on any atom is -0.466 e. The molecule has 17 heteroatoms. The summed E-state index contributed by atoms with van der Waals surface area (Å²) in [6, 6.07) is 35.4. The third-order valence-electron chi connectivity index (χ3n) is 8.77. The highest BCUT2D eigenvalue weighted by Crippen LogP contribution is 2.26. The molecule has 0 saturated carbocycles. The summed E-state index contributed by atoms with van der Waals surface area (Å²) in [6.07, 6.45) is -1.55. The van der Waals surface area contributed by atoms with Crippen molar-refractivity contribution >= 4 is 45.4 Å². The molecule has 0 fully saturated rings. The van der Waals surface area contributed by atoms with Crippen LogP contribution in [0.1, 0.15) is 45.2 Å². The lowest BCUT2D eigenvalue weighted by atomic mass is 9.86. The minimum absolute atomic E-state index is 0.0693. The van der Waals surface area contributed by atoms with Crippen LogP contribution >= 0.6 is 0 Å². The molecule has 0 aliphatic carbocycles. The van der Waals surface area contributed by atoms with E-state index in [4.69, 9.17) is 9.47 Å². The van der Waals surface area contributed by atoms with Gasteiger partial charge >= 0.3 is 27.6 Å². The SMILES string of the molecule is CCOC(=O)C(C(=O)Cc1ccc(-c2ccccc2)cc1)[C@@H](C)C(=O)NC.CCOC(=O)CC(=O)Cc1ccc(-c2ccccc2)cc1.CNC(=O)[C@@H](C)OS(=O)(=O)C(F)(F)F. The summed E-state index contributed by atoms with van der Waals surface area (Å²) in [7, 11) is -3.09. The van der Waals surface area contributed by atoms with E-state index in [1.54, 1.807) is 20.8 Å². The van der Waals surface area contributed by atoms with Gasteiger partial charge in [0.1, 0.15) is 18.1 Å². The summed E-state index contributed by atoms with van der Waals surface area (Å²) in [5.74, 6) is -4.77. The maximum absolute atomic E-state index is 12.8. The molecule has 0 heterocycles. The summed E-state index contributed by atoms with van der Waals surface area (Å²) in [6.45, 7) is 6.32. The third kappa shape index (κ3) is 17.0. The molecule has 4 rings (SSSR count). The first-order valence-corrected chi connectivity index (χ1v) is 20.8. The largest absolute Gasteiger partial charge is 0.523 e. The number of amides is 2. The number of alkyl halides is 3. The van der Waals surface area contributed by atoms with Crippen molar-refractivity contribution in [2.75, 3.05) is 27.3 Å². The fourth-order valence-corrected chi connectivity index (χ4v) is 6.16. The zero-order valence-corrected chi connectivity index (χ0v) is 36.0. The molecule has 4 aromatic carbocycles. The van der Waals surface area contributed by atoms with Crippen LogP contribution in [0.5, 0.6) is 0 Å². The van der Waals surface area contributed by atoms with E-state index in [9.17, 15) is 50.4 Å². The van der Waals surface area contributed by atoms with E-state index in [1.807, 2.05) is 115 Å². The van der Waals surface area contributed by atoms with Crippen molar-refractivity contribution in [3.8, 4) is 22.3 Å². The van der Waals surface area contributed by atoms with E-state index in [1.165, 1.54) is 7.05 Å². The number of esters is 2. The minimum atomic E-state index is -5.71. The Morgan fingerprint density at radius 1 is 0.613 bits per heavy atom. The van der Waals surface area contributed by atoms with Crippen LogP contribution in [0.25, 0.3) is 22.3 Å². The van der Waals surface area contributed by atoms with Gasteiger partial charge in [0.25, 0.3) is 0 Å². The number of rotatable bonds is 17. The van der Waals surface area contributed by atoms with E-state index in [-0.39, 0.29) is 43.3 Å². The van der Waals surface area contributed by atoms with Crippen molar-refractivity contribution in [2.24, 2.45) is 11.8 Å². The van der Waals surface area contributed by atoms with E-state index in [0.717, 1.165) is 47.4 Å². The molecule has 0 aliphatic heterocycles. The topological polar surface area (TPSA) is 188 Å². The maximum atomic E-state index is 12.8. The van der Waals surface area contributed by atoms with Gasteiger partial charge in [-0.15, -0.1) is 0 Å². The molecule has 334 valence electrons. The normalized spacial score (nSPS) is 12.3. The second kappa shape index (κ2) is 25.5. The van der Waals surface area contributed by atoms with E-state index < -0.39 is 51.4 Å². The second-order valence-electron chi connectivity index (χ2n) is 13.4. The predicted octanol–water partition coefficient (Wildman–Crippen LogP) is 6.43. The van der Waals surface area contributed by atoms with Gasteiger partial charge in [-0.1, -0.05) is 116 Å². The van der Waals surface area contributed by atoms with Crippen molar-refractivity contribution in [1.29, 1.82) is 0 Å². The summed E-state index contributed by atoms with van der Waals surface area (Å²) < 4.78 is 69.2. The van der Waals surface area contributed by atoms with Crippen molar-refractivity contribution in [3.05, 3.63) is 120 Å². The molecular formula is C45H51F3N2O11S. The van der Waals surface area contributed by atoms with Gasteiger partial charge in [-0.3, -0.25) is 33.0 Å². The van der Waals surface area contributed by atoms with Gasteiger partial charge in [0.15, 0.2) is 11.9 Å². The van der Waals surface area contributed by atoms with Crippen LogP contribution in [0.15, 0.2) is 109 Å². The van der Waals surface area contributed by atoms with Gasteiger partial charge in [0.05, 0.1) is 19.1 Å². The van der Waals surface area contributed by atoms with Gasteiger partial charge in [0.2, 0.25) is 11.8 Å². The molecule has 2 N–H and O–H groups in total. The average Bonchev–Trinajstić information content (AvgIpc) is 3.24. The molecule has 1 unspecified atom stereocenters. The number of hydrogen-bond acceptors (Lipinski definition) is 11. The van der Waals surface area contributed by atoms with Crippen LogP contribution in [-0.4, -0.2) is 82.7 Å². The molecule has 62 heavy (non-hydrogen) atoms. The van der Waals surface area contributed by atoms with E-state index in [0.29, 0.717) is 6.61 Å². The Labute approximate surface area is 359 Å². The zero-order valence-electron chi connectivity index (χ0n) is 35.2. The number of carbonyl (C=O) groups excluding carboxylic acids is 6. The van der Waals surface area contributed by atoms with Gasteiger partial charge in [-0.05, 0) is 54.2 Å². The lowest BCUT2D eigenvalue weighted by Crippen LogP contribution is -2.40. The van der Waals surface area contributed by atoms with Crippen LogP contribution in [0.3, 0.4) is 0 Å². The number of halogens is 3. The Morgan fingerprint density at radius 2 is 1.03 bits per heavy atom. The first kappa shape index (κ1) is 51.9. The third-order valence-corrected chi connectivity index (χ3v) is 9.88. The molecule has 2 amide bonds. The molecule has 3 atom stereocenters. The van der Waals surface area contributed by atoms with Crippen LogP contribution in [0.2, 0.25) is 0 Å². The molecule has 0 aromatic heterocycles. The molecule has 13 nitrogen and oxygen atoms in total. The van der Waals surface area contributed by atoms with Crippen molar-refractivity contribution < 1.29 is 64.0 Å². The van der Waals surface area contributed by atoms with Gasteiger partial charge < -0.3 is 20.1 Å². The first-order valence-electron chi connectivity index (χ1n) is 19.4. The number of hydrogen-bond donors (Lipinski definition) is 2. The monoisotopic (exact) mass is 884 g/mol. The number of benzene rings is 4. The molecule has 4 aromatic rings. The highest BCUT2D eigenvalue weighted by molar-refractivity contribution is 7.87. The Morgan fingerprint density at radius 3 is 1.44 bits per heavy atom. The number of likely N-dealkylation sites (N-methyl/N-ethyl adjacent to an activating group) is 1. The molecule has 0 saturated heterocycles. The van der Waals surface area contributed by atoms with Gasteiger partial charge in [-0.25, -0.2) is 0 Å². The number of carbonyl (C=O) groups is 6. The zero-order chi connectivity index (χ0) is 46.5. The number of ether oxygens (including phenoxy) is 2. The Balaban J connectivity index is 0.000000338. The fourth-order valence-electron chi connectivity index (χ4n) is 5.58. The highest BCUT2D eigenvalue weighted by Gasteiger charge is 2.48. The number of ketones is 2. The lowest BCUT2D eigenvalue weighted by Gasteiger charge is -2.20. The fraction of sp³-hybridized carbons (Fsp3) is 0.333. The van der Waals surface area contributed by atoms with Gasteiger partial charge in [-0.2, -0.15) is 21.6 Å². The molecule has 0 spiro atoms. The van der Waals surface area contributed by atoms with Crippen LogP contribution < -0.4 is 10.6 Å². The summed E-state index contributed by atoms with van der Waals surface area (Å²) in [5, 5.41) is 4.43. The van der Waals surface area contributed by atoms with E-state index >= 15 is 0 Å². The molecular weight excluding hydrogens is 834 g/mol. The van der Waals surface area contributed by atoms with Crippen LogP contribution in [0, 0.1) is 11.8 Å². The Kier molecular flexibility index (Phi) is 21.4. The quantitative estimate of drug-likeness (QED) is 0.0515. The Bertz CT molecular complexity index is 2180. The summed E-state index contributed by atoms with van der Waals surface area (Å²) >= 11 is 0. The lowest BCUT2D eigenvalue weighted by molar-refractivity contribution is -0.156. The van der Waals surface area contributed by atoms with Crippen LogP contribution in [-0.2, 0) is 65.4 Å². The van der Waals surface area contributed by atoms with Crippen molar-refractivity contribution in [3.63, 3.8) is 0 Å². The van der Waals surface area contributed by atoms with Gasteiger partial charge in [0, 0.05) is 26.9 Å². The van der Waals surface area contributed by atoms with Crippen LogP contribution in [0.4, 0.5) is 13.2 Å². The van der Waals surface area contributed by atoms with Crippen molar-refractivity contribution in [2.45, 2.75) is 58.6 Å². The highest BCUT2D eigenvalue weighted by atomic mass is 32.2. The second-order valence-corrected chi connectivity index (χ2v) is 14.9. The Hall–Kier alpha value is -6.20. The van der Waals surface area contributed by atoms with E-state index in [2.05, 4.69) is 9.50 Å². The molecule has 0 radical (unpaired) electrons. The number of nitrogens with one attached hydrogen (secondary N) is 2.